The van der Waals surface area contributed by atoms with Crippen molar-refractivity contribution in [1.82, 2.24) is 0 Å². The van der Waals surface area contributed by atoms with Gasteiger partial charge >= 0.3 is 0 Å². The average molecular weight is 289 g/mol. The van der Waals surface area contributed by atoms with Gasteiger partial charge in [-0.3, -0.25) is 4.99 Å². The predicted octanol–water partition coefficient (Wildman–Crippen LogP) is 5.66. The Bertz CT molecular complexity index is 398. The van der Waals surface area contributed by atoms with E-state index in [1.54, 1.807) is 30.6 Å². The third kappa shape index (κ3) is 11.8. The minimum absolute atomic E-state index is 0.127. The van der Waals surface area contributed by atoms with Gasteiger partial charge in [0.15, 0.2) is 0 Å². The molecule has 1 rings (SSSR count). The molecule has 0 aliphatic carbocycles. The van der Waals surface area contributed by atoms with E-state index in [1.165, 1.54) is 5.57 Å². The maximum atomic E-state index is 5.74. The van der Waals surface area contributed by atoms with E-state index in [0.717, 1.165) is 0 Å². The van der Waals surface area contributed by atoms with Crippen LogP contribution in [0.5, 0.6) is 0 Å². The van der Waals surface area contributed by atoms with Gasteiger partial charge in [0.2, 0.25) is 0 Å². The highest BCUT2D eigenvalue weighted by molar-refractivity contribution is 5.54. The topological polar surface area (TPSA) is 21.6 Å². The fraction of sp³-hybridized carbons (Fsp3) is 0.421. The van der Waals surface area contributed by atoms with E-state index in [-0.39, 0.29) is 11.7 Å². The van der Waals surface area contributed by atoms with Gasteiger partial charge in [-0.05, 0) is 39.3 Å². The molecule has 0 amide bonds. The van der Waals surface area contributed by atoms with Gasteiger partial charge in [-0.1, -0.05) is 57.4 Å². The molecule has 0 fully saturated rings. The van der Waals surface area contributed by atoms with E-state index >= 15 is 0 Å². The Morgan fingerprint density at radius 1 is 1.24 bits per heavy atom. The number of rotatable bonds is 3. The zero-order valence-electron chi connectivity index (χ0n) is 14.5. The highest BCUT2D eigenvalue weighted by Crippen LogP contribution is 2.24. The molecule has 2 nitrogen and oxygen atoms in total. The standard InChI is InChI=1S/C11H16O.C6H9N.C2H6/c1-5-6-10-7-8-11(3,4)12-9(10)2;1-3-5-6-7-4-2;1-2/h5-9H,1H2,2-4H3;3-6H,1H2,2H3;1-2H3/b10-6+;6-5+,7-4?;. The number of hydrogen-bond acceptors (Lipinski definition) is 2. The lowest BCUT2D eigenvalue weighted by Gasteiger charge is -2.31. The fourth-order valence-electron chi connectivity index (χ4n) is 1.52. The third-order valence-electron chi connectivity index (χ3n) is 2.39. The van der Waals surface area contributed by atoms with Crippen LogP contribution in [-0.2, 0) is 4.74 Å². The van der Waals surface area contributed by atoms with E-state index in [2.05, 4.69) is 51.1 Å². The summed E-state index contributed by atoms with van der Waals surface area (Å²) in [5.74, 6) is 0. The second kappa shape index (κ2) is 13.3. The zero-order valence-corrected chi connectivity index (χ0v) is 14.5. The average Bonchev–Trinajstić information content (AvgIpc) is 2.45. The van der Waals surface area contributed by atoms with Crippen LogP contribution >= 0.6 is 0 Å². The maximum absolute atomic E-state index is 5.74. The van der Waals surface area contributed by atoms with Crippen LogP contribution in [0.4, 0.5) is 0 Å². The molecule has 0 radical (unpaired) electrons. The highest BCUT2D eigenvalue weighted by Gasteiger charge is 2.23. The maximum Gasteiger partial charge on any atom is 0.0817 e. The van der Waals surface area contributed by atoms with Gasteiger partial charge in [0, 0.05) is 12.4 Å². The van der Waals surface area contributed by atoms with E-state index in [1.807, 2.05) is 26.8 Å². The molecule has 1 heterocycles. The van der Waals surface area contributed by atoms with Gasteiger partial charge in [0.25, 0.3) is 0 Å². The number of nitrogens with zero attached hydrogens (tertiary/aromatic N) is 1. The van der Waals surface area contributed by atoms with Crippen molar-refractivity contribution in [3.05, 3.63) is 61.4 Å². The Hall–Kier alpha value is -1.67. The minimum atomic E-state index is -0.127. The van der Waals surface area contributed by atoms with Crippen molar-refractivity contribution in [2.75, 3.05) is 0 Å². The summed E-state index contributed by atoms with van der Waals surface area (Å²) >= 11 is 0. The normalized spacial score (nSPS) is 21.4. The second-order valence-corrected chi connectivity index (χ2v) is 4.58. The molecule has 0 aromatic rings. The smallest absolute Gasteiger partial charge is 0.0817 e. The third-order valence-corrected chi connectivity index (χ3v) is 2.39. The van der Waals surface area contributed by atoms with Crippen LogP contribution in [0.1, 0.15) is 41.5 Å². The molecule has 1 atom stereocenters. The molecule has 0 bridgehead atoms. The lowest BCUT2D eigenvalue weighted by molar-refractivity contribution is -0.0191. The first-order valence-electron chi connectivity index (χ1n) is 7.42. The van der Waals surface area contributed by atoms with Crippen LogP contribution in [0.3, 0.4) is 0 Å². The first kappa shape index (κ1) is 21.6. The predicted molar refractivity (Wildman–Crippen MR) is 96.9 cm³/mol. The van der Waals surface area contributed by atoms with E-state index in [0.29, 0.717) is 0 Å². The SMILES string of the molecule is C=C/C=C/N=CC.C=C/C=C1\C=CC(C)(C)OC1C.CC. The van der Waals surface area contributed by atoms with Crippen LogP contribution in [0.15, 0.2) is 66.4 Å². The molecule has 2 heteroatoms. The van der Waals surface area contributed by atoms with Crippen molar-refractivity contribution in [1.29, 1.82) is 0 Å². The minimum Gasteiger partial charge on any atom is -0.364 e. The summed E-state index contributed by atoms with van der Waals surface area (Å²) in [5, 5.41) is 0. The molecular weight excluding hydrogens is 258 g/mol. The number of allylic oxidation sites excluding steroid dienone is 4. The van der Waals surface area contributed by atoms with E-state index in [4.69, 9.17) is 4.74 Å². The molecule has 0 spiro atoms. The molecule has 1 aliphatic heterocycles. The Morgan fingerprint density at radius 2 is 1.86 bits per heavy atom. The van der Waals surface area contributed by atoms with Gasteiger partial charge < -0.3 is 4.74 Å². The number of aliphatic imine (C=N–C) groups is 1. The largest absolute Gasteiger partial charge is 0.364 e. The van der Waals surface area contributed by atoms with Gasteiger partial charge in [-0.25, -0.2) is 0 Å². The van der Waals surface area contributed by atoms with Crippen molar-refractivity contribution >= 4 is 6.21 Å². The first-order valence-corrected chi connectivity index (χ1v) is 7.42. The molecule has 0 saturated carbocycles. The van der Waals surface area contributed by atoms with Crippen LogP contribution in [0, 0.1) is 0 Å². The van der Waals surface area contributed by atoms with E-state index < -0.39 is 0 Å². The van der Waals surface area contributed by atoms with Crippen LogP contribution in [0.2, 0.25) is 0 Å². The molecular formula is C19H31NO. The van der Waals surface area contributed by atoms with Gasteiger partial charge in [-0.2, -0.15) is 0 Å². The molecule has 0 N–H and O–H groups in total. The van der Waals surface area contributed by atoms with Crippen molar-refractivity contribution in [2.45, 2.75) is 53.2 Å². The van der Waals surface area contributed by atoms with Crippen molar-refractivity contribution in [3.63, 3.8) is 0 Å². The van der Waals surface area contributed by atoms with E-state index in [9.17, 15) is 0 Å². The Balaban J connectivity index is 0. The van der Waals surface area contributed by atoms with Crippen molar-refractivity contribution in [2.24, 2.45) is 4.99 Å². The summed E-state index contributed by atoms with van der Waals surface area (Å²) in [6, 6.07) is 0. The lowest BCUT2D eigenvalue weighted by atomic mass is 9.99. The summed E-state index contributed by atoms with van der Waals surface area (Å²) < 4.78 is 5.74. The van der Waals surface area contributed by atoms with Crippen LogP contribution in [0.25, 0.3) is 0 Å². The molecule has 21 heavy (non-hydrogen) atoms. The zero-order chi connectivity index (χ0) is 16.7. The number of ether oxygens (including phenoxy) is 1. The Labute approximate surface area is 131 Å². The quantitative estimate of drug-likeness (QED) is 0.485. The summed E-state index contributed by atoms with van der Waals surface area (Å²) in [6.07, 6.45) is 15.0. The monoisotopic (exact) mass is 289 g/mol. The molecule has 118 valence electrons. The van der Waals surface area contributed by atoms with Crippen molar-refractivity contribution < 1.29 is 4.74 Å². The van der Waals surface area contributed by atoms with Gasteiger partial charge in [0.1, 0.15) is 0 Å². The Morgan fingerprint density at radius 3 is 2.29 bits per heavy atom. The molecule has 0 aromatic carbocycles. The Kier molecular flexibility index (Phi) is 13.7. The number of hydrogen-bond donors (Lipinski definition) is 0. The summed E-state index contributed by atoms with van der Waals surface area (Å²) in [4.78, 5) is 3.78. The first-order chi connectivity index (χ1) is 9.96. The molecule has 0 saturated heterocycles. The van der Waals surface area contributed by atoms with Crippen LogP contribution < -0.4 is 0 Å². The lowest BCUT2D eigenvalue weighted by Crippen LogP contribution is -2.31. The highest BCUT2D eigenvalue weighted by atomic mass is 16.5. The summed E-state index contributed by atoms with van der Waals surface area (Å²) in [6.45, 7) is 19.2. The van der Waals surface area contributed by atoms with Crippen molar-refractivity contribution in [3.8, 4) is 0 Å². The van der Waals surface area contributed by atoms with Gasteiger partial charge in [0.05, 0.1) is 11.7 Å². The summed E-state index contributed by atoms with van der Waals surface area (Å²) in [7, 11) is 0. The molecule has 0 aromatic heterocycles. The second-order valence-electron chi connectivity index (χ2n) is 4.58. The molecule has 1 aliphatic rings. The van der Waals surface area contributed by atoms with Crippen LogP contribution in [-0.4, -0.2) is 17.9 Å². The van der Waals surface area contributed by atoms with Gasteiger partial charge in [-0.15, -0.1) is 0 Å². The summed E-state index contributed by atoms with van der Waals surface area (Å²) in [5.41, 5.74) is 1.06. The fourth-order valence-corrected chi connectivity index (χ4v) is 1.52. The molecule has 1 unspecified atom stereocenters.